The number of nitrogens with two attached hydrogens (primary N) is 1. The van der Waals surface area contributed by atoms with Gasteiger partial charge >= 0.3 is 0 Å². The molecule has 2 unspecified atom stereocenters. The molecule has 21 heavy (non-hydrogen) atoms. The summed E-state index contributed by atoms with van der Waals surface area (Å²) < 4.78 is 13.6. The minimum atomic E-state index is -0.461. The molecule has 1 fully saturated rings. The fraction of sp³-hybridized carbons (Fsp3) is 0.562. The van der Waals surface area contributed by atoms with E-state index in [1.165, 1.54) is 31.0 Å². The Kier molecular flexibility index (Phi) is 5.17. The van der Waals surface area contributed by atoms with Crippen molar-refractivity contribution in [1.29, 1.82) is 0 Å². The summed E-state index contributed by atoms with van der Waals surface area (Å²) in [7, 11) is 0. The Balaban J connectivity index is 1.86. The number of carbonyl (C=O) groups excluding carboxylic acids is 1. The minimum Gasteiger partial charge on any atom is -0.399 e. The van der Waals surface area contributed by atoms with Crippen LogP contribution in [0.15, 0.2) is 18.2 Å². The van der Waals surface area contributed by atoms with Crippen molar-refractivity contribution in [3.63, 3.8) is 0 Å². The Morgan fingerprint density at radius 1 is 1.43 bits per heavy atom. The van der Waals surface area contributed by atoms with Gasteiger partial charge in [0.05, 0.1) is 5.69 Å². The van der Waals surface area contributed by atoms with Crippen LogP contribution in [-0.2, 0) is 4.79 Å². The van der Waals surface area contributed by atoms with E-state index in [2.05, 4.69) is 24.1 Å². The third kappa shape index (κ3) is 4.43. The second kappa shape index (κ2) is 6.89. The van der Waals surface area contributed by atoms with Gasteiger partial charge in [0, 0.05) is 31.2 Å². The van der Waals surface area contributed by atoms with Gasteiger partial charge in [0.2, 0.25) is 5.91 Å². The lowest BCUT2D eigenvalue weighted by Gasteiger charge is -2.36. The van der Waals surface area contributed by atoms with Crippen LogP contribution in [0.5, 0.6) is 0 Å². The van der Waals surface area contributed by atoms with Gasteiger partial charge in [-0.15, -0.1) is 0 Å². The Morgan fingerprint density at radius 2 is 2.19 bits per heavy atom. The summed E-state index contributed by atoms with van der Waals surface area (Å²) in [4.78, 5) is 14.3. The van der Waals surface area contributed by atoms with Crippen molar-refractivity contribution < 1.29 is 9.18 Å². The smallest absolute Gasteiger partial charge is 0.225 e. The summed E-state index contributed by atoms with van der Waals surface area (Å²) in [6.07, 6.45) is 2.79. The van der Waals surface area contributed by atoms with Crippen LogP contribution in [0.2, 0.25) is 0 Å². The Bertz CT molecular complexity index is 506. The van der Waals surface area contributed by atoms with Crippen molar-refractivity contribution >= 4 is 17.3 Å². The third-order valence-electron chi connectivity index (χ3n) is 4.14. The van der Waals surface area contributed by atoms with Gasteiger partial charge in [-0.1, -0.05) is 6.92 Å². The molecule has 0 radical (unpaired) electrons. The molecule has 5 heteroatoms. The zero-order valence-corrected chi connectivity index (χ0v) is 12.7. The monoisotopic (exact) mass is 293 g/mol. The zero-order chi connectivity index (χ0) is 15.4. The standard InChI is InChI=1S/C16H24FN3O/c1-11-3-4-12(2)20(10-11)8-7-16(21)19-15-9-13(18)5-6-14(15)17/h5-6,9,11-12H,3-4,7-8,10,18H2,1-2H3,(H,19,21). The molecule has 1 heterocycles. The van der Waals surface area contributed by atoms with Gasteiger partial charge in [0.25, 0.3) is 0 Å². The number of piperidine rings is 1. The van der Waals surface area contributed by atoms with Crippen molar-refractivity contribution in [2.45, 2.75) is 39.2 Å². The van der Waals surface area contributed by atoms with Crippen LogP contribution in [0, 0.1) is 11.7 Å². The highest BCUT2D eigenvalue weighted by molar-refractivity contribution is 5.91. The predicted molar refractivity (Wildman–Crippen MR) is 83.5 cm³/mol. The normalized spacial score (nSPS) is 23.0. The van der Waals surface area contributed by atoms with Crippen LogP contribution < -0.4 is 11.1 Å². The predicted octanol–water partition coefficient (Wildman–Crippen LogP) is 2.86. The number of hydrogen-bond acceptors (Lipinski definition) is 3. The maximum atomic E-state index is 13.6. The molecule has 1 aliphatic rings. The summed E-state index contributed by atoms with van der Waals surface area (Å²) in [5.41, 5.74) is 6.19. The van der Waals surface area contributed by atoms with Gasteiger partial charge in [0.15, 0.2) is 0 Å². The largest absolute Gasteiger partial charge is 0.399 e. The van der Waals surface area contributed by atoms with E-state index in [9.17, 15) is 9.18 Å². The van der Waals surface area contributed by atoms with Crippen molar-refractivity contribution in [2.75, 3.05) is 24.1 Å². The van der Waals surface area contributed by atoms with Crippen LogP contribution >= 0.6 is 0 Å². The van der Waals surface area contributed by atoms with Crippen molar-refractivity contribution in [3.8, 4) is 0 Å². The van der Waals surface area contributed by atoms with Crippen LogP contribution in [-0.4, -0.2) is 29.9 Å². The fourth-order valence-corrected chi connectivity index (χ4v) is 2.79. The lowest BCUT2D eigenvalue weighted by atomic mass is 9.95. The van der Waals surface area contributed by atoms with Crippen molar-refractivity contribution in [1.82, 2.24) is 4.90 Å². The average molecular weight is 293 g/mol. The highest BCUT2D eigenvalue weighted by Crippen LogP contribution is 2.22. The van der Waals surface area contributed by atoms with Crippen molar-refractivity contribution in [3.05, 3.63) is 24.0 Å². The number of rotatable bonds is 4. The first-order chi connectivity index (χ1) is 9.95. The number of nitrogens with zero attached hydrogens (tertiary/aromatic N) is 1. The Hall–Kier alpha value is -1.62. The molecule has 1 saturated heterocycles. The molecule has 0 bridgehead atoms. The number of likely N-dealkylation sites (tertiary alicyclic amines) is 1. The first-order valence-electron chi connectivity index (χ1n) is 7.54. The Morgan fingerprint density at radius 3 is 2.95 bits per heavy atom. The van der Waals surface area contributed by atoms with Gasteiger partial charge in [0.1, 0.15) is 5.82 Å². The number of amides is 1. The number of halogens is 1. The number of carbonyl (C=O) groups is 1. The molecule has 4 nitrogen and oxygen atoms in total. The average Bonchev–Trinajstić information content (AvgIpc) is 2.44. The molecular formula is C16H24FN3O. The number of nitrogens with one attached hydrogen (secondary N) is 1. The minimum absolute atomic E-state index is 0.153. The first-order valence-corrected chi connectivity index (χ1v) is 7.54. The molecule has 116 valence electrons. The molecule has 0 saturated carbocycles. The molecule has 2 atom stereocenters. The molecule has 0 spiro atoms. The van der Waals surface area contributed by atoms with E-state index in [-0.39, 0.29) is 11.6 Å². The third-order valence-corrected chi connectivity index (χ3v) is 4.14. The van der Waals surface area contributed by atoms with Gasteiger partial charge in [-0.2, -0.15) is 0 Å². The Labute approximate surface area is 125 Å². The van der Waals surface area contributed by atoms with E-state index in [0.717, 1.165) is 6.54 Å². The number of benzene rings is 1. The molecule has 1 aliphatic heterocycles. The first kappa shape index (κ1) is 15.8. The second-order valence-electron chi connectivity index (χ2n) is 6.06. The molecular weight excluding hydrogens is 269 g/mol. The lowest BCUT2D eigenvalue weighted by Crippen LogP contribution is -2.42. The zero-order valence-electron chi connectivity index (χ0n) is 12.7. The van der Waals surface area contributed by atoms with Gasteiger partial charge in [-0.05, 0) is 43.9 Å². The highest BCUT2D eigenvalue weighted by Gasteiger charge is 2.23. The molecule has 2 rings (SSSR count). The van der Waals surface area contributed by atoms with E-state index < -0.39 is 5.82 Å². The van der Waals surface area contributed by atoms with Crippen molar-refractivity contribution in [2.24, 2.45) is 5.92 Å². The summed E-state index contributed by atoms with van der Waals surface area (Å²) in [6.45, 7) is 6.17. The molecule has 0 aromatic heterocycles. The lowest BCUT2D eigenvalue weighted by molar-refractivity contribution is -0.116. The van der Waals surface area contributed by atoms with Gasteiger partial charge in [-0.3, -0.25) is 9.69 Å². The molecule has 3 N–H and O–H groups in total. The fourth-order valence-electron chi connectivity index (χ4n) is 2.79. The number of nitrogen functional groups attached to an aromatic ring is 1. The van der Waals surface area contributed by atoms with Crippen LogP contribution in [0.1, 0.15) is 33.1 Å². The van der Waals surface area contributed by atoms with Crippen LogP contribution in [0.3, 0.4) is 0 Å². The quantitative estimate of drug-likeness (QED) is 0.839. The summed E-state index contributed by atoms with van der Waals surface area (Å²) in [5.74, 6) is 0.0399. The number of hydrogen-bond donors (Lipinski definition) is 2. The van der Waals surface area contributed by atoms with Gasteiger partial charge < -0.3 is 11.1 Å². The highest BCUT2D eigenvalue weighted by atomic mass is 19.1. The maximum absolute atomic E-state index is 13.6. The van der Waals surface area contributed by atoms with E-state index >= 15 is 0 Å². The molecule has 1 aromatic rings. The molecule has 0 aliphatic carbocycles. The molecule has 1 aromatic carbocycles. The summed E-state index contributed by atoms with van der Waals surface area (Å²) in [6, 6.07) is 4.69. The summed E-state index contributed by atoms with van der Waals surface area (Å²) in [5, 5.41) is 2.60. The van der Waals surface area contributed by atoms with Gasteiger partial charge in [-0.25, -0.2) is 4.39 Å². The van der Waals surface area contributed by atoms with E-state index in [4.69, 9.17) is 5.73 Å². The molecule has 1 amide bonds. The SMILES string of the molecule is CC1CCC(C)N(CCC(=O)Nc2cc(N)ccc2F)C1. The van der Waals surface area contributed by atoms with E-state index in [0.29, 0.717) is 30.6 Å². The topological polar surface area (TPSA) is 58.4 Å². The van der Waals surface area contributed by atoms with E-state index in [1.807, 2.05) is 0 Å². The second-order valence-corrected chi connectivity index (χ2v) is 6.06. The van der Waals surface area contributed by atoms with Crippen LogP contribution in [0.4, 0.5) is 15.8 Å². The van der Waals surface area contributed by atoms with Crippen LogP contribution in [0.25, 0.3) is 0 Å². The maximum Gasteiger partial charge on any atom is 0.225 e. The summed E-state index contributed by atoms with van der Waals surface area (Å²) >= 11 is 0. The van der Waals surface area contributed by atoms with E-state index in [1.54, 1.807) is 0 Å². The number of anilines is 2.